The number of rotatable bonds is 8. The average molecular weight is 445 g/mol. The number of nitro groups is 2. The number of anilines is 1. The fourth-order valence-electron chi connectivity index (χ4n) is 2.81. The van der Waals surface area contributed by atoms with E-state index in [-0.39, 0.29) is 12.1 Å². The minimum atomic E-state index is -0.766. The van der Waals surface area contributed by atoms with Gasteiger partial charge in [-0.25, -0.2) is 4.98 Å². The number of carbonyl (C=O) groups is 1. The lowest BCUT2D eigenvalue weighted by Crippen LogP contribution is -2.36. The van der Waals surface area contributed by atoms with Gasteiger partial charge in [0.05, 0.1) is 38.8 Å². The van der Waals surface area contributed by atoms with E-state index >= 15 is 0 Å². The van der Waals surface area contributed by atoms with Gasteiger partial charge >= 0.3 is 0 Å². The van der Waals surface area contributed by atoms with Crippen LogP contribution in [0.1, 0.15) is 10.4 Å². The molecule has 11 nitrogen and oxygen atoms in total. The summed E-state index contributed by atoms with van der Waals surface area (Å²) in [4.78, 5) is 42.0. The molecule has 1 aromatic heterocycles. The number of fused-ring (bicyclic) bond motifs is 1. The molecule has 1 amide bonds. The smallest absolute Gasteiger partial charge is 0.277 e. The van der Waals surface area contributed by atoms with Crippen molar-refractivity contribution in [3.63, 3.8) is 0 Å². The van der Waals surface area contributed by atoms with Crippen molar-refractivity contribution in [2.45, 2.75) is 0 Å². The predicted octanol–water partition coefficient (Wildman–Crippen LogP) is 3.33. The van der Waals surface area contributed by atoms with Crippen LogP contribution >= 0.6 is 11.3 Å². The number of hydrogen-bond donors (Lipinski definition) is 0. The van der Waals surface area contributed by atoms with E-state index < -0.39 is 27.1 Å². The van der Waals surface area contributed by atoms with Crippen LogP contribution in [0, 0.1) is 20.2 Å². The third-order valence-electron chi connectivity index (χ3n) is 4.40. The summed E-state index contributed by atoms with van der Waals surface area (Å²) in [5.74, 6) is 0.00416. The number of amides is 1. The molecule has 0 aliphatic carbocycles. The minimum absolute atomic E-state index is 0.156. The van der Waals surface area contributed by atoms with Crippen LogP contribution in [0.4, 0.5) is 16.5 Å². The second-order valence-corrected chi connectivity index (χ2v) is 7.85. The number of thiazole rings is 1. The van der Waals surface area contributed by atoms with Gasteiger partial charge in [0, 0.05) is 31.3 Å². The van der Waals surface area contributed by atoms with E-state index in [1.54, 1.807) is 12.1 Å². The number of aromatic nitrogens is 1. The Morgan fingerprint density at radius 1 is 1.06 bits per heavy atom. The Kier molecular flexibility index (Phi) is 6.42. The highest BCUT2D eigenvalue weighted by molar-refractivity contribution is 7.22. The van der Waals surface area contributed by atoms with Crippen LogP contribution in [0.25, 0.3) is 10.2 Å². The fourth-order valence-corrected chi connectivity index (χ4v) is 3.78. The van der Waals surface area contributed by atoms with E-state index in [0.717, 1.165) is 22.9 Å². The highest BCUT2D eigenvalue weighted by Gasteiger charge is 2.26. The summed E-state index contributed by atoms with van der Waals surface area (Å²) in [6.07, 6.45) is 0. The van der Waals surface area contributed by atoms with Crippen LogP contribution in [-0.4, -0.2) is 59.9 Å². The largest absolute Gasteiger partial charge is 0.497 e. The van der Waals surface area contributed by atoms with Gasteiger partial charge in [-0.3, -0.25) is 29.9 Å². The van der Waals surface area contributed by atoms with E-state index in [4.69, 9.17) is 4.74 Å². The summed E-state index contributed by atoms with van der Waals surface area (Å²) < 4.78 is 6.03. The molecule has 162 valence electrons. The molecule has 0 aliphatic rings. The molecule has 0 N–H and O–H groups in total. The number of non-ortho nitro benzene ring substituents is 2. The van der Waals surface area contributed by atoms with Crippen LogP contribution in [0.3, 0.4) is 0 Å². The molecule has 0 spiro atoms. The van der Waals surface area contributed by atoms with Crippen molar-refractivity contribution in [2.24, 2.45) is 0 Å². The lowest BCUT2D eigenvalue weighted by atomic mass is 10.1. The molecule has 12 heteroatoms. The van der Waals surface area contributed by atoms with Crippen molar-refractivity contribution >= 4 is 44.0 Å². The van der Waals surface area contributed by atoms with Gasteiger partial charge in [-0.15, -0.1) is 0 Å². The van der Waals surface area contributed by atoms with Crippen molar-refractivity contribution < 1.29 is 19.4 Å². The van der Waals surface area contributed by atoms with E-state index in [1.807, 2.05) is 25.1 Å². The molecular weight excluding hydrogens is 426 g/mol. The Balaban J connectivity index is 2.07. The first kappa shape index (κ1) is 22.1. The van der Waals surface area contributed by atoms with Crippen molar-refractivity contribution in [1.29, 1.82) is 0 Å². The molecule has 0 radical (unpaired) electrons. The van der Waals surface area contributed by atoms with Crippen LogP contribution in [0.15, 0.2) is 36.4 Å². The minimum Gasteiger partial charge on any atom is -0.497 e. The molecule has 3 aromatic rings. The topological polar surface area (TPSA) is 132 Å². The molecule has 0 atom stereocenters. The van der Waals surface area contributed by atoms with Crippen LogP contribution in [-0.2, 0) is 0 Å². The summed E-state index contributed by atoms with van der Waals surface area (Å²) in [7, 11) is 5.21. The summed E-state index contributed by atoms with van der Waals surface area (Å²) in [5.41, 5.74) is -0.582. The number of nitro benzene ring substituents is 2. The number of likely N-dealkylation sites (N-methyl/N-ethyl adjacent to an activating group) is 1. The molecule has 0 fully saturated rings. The van der Waals surface area contributed by atoms with Gasteiger partial charge in [0.1, 0.15) is 5.75 Å². The summed E-state index contributed by atoms with van der Waals surface area (Å²) in [6.45, 7) is 0.723. The molecule has 2 aromatic carbocycles. The average Bonchev–Trinajstić information content (AvgIpc) is 3.15. The maximum atomic E-state index is 13.3. The first-order chi connectivity index (χ1) is 14.7. The molecular formula is C19H19N5O6S. The summed E-state index contributed by atoms with van der Waals surface area (Å²) in [5, 5.41) is 22.8. The number of methoxy groups -OCH3 is 1. The Morgan fingerprint density at radius 2 is 1.71 bits per heavy atom. The van der Waals surface area contributed by atoms with Crippen LogP contribution in [0.5, 0.6) is 5.75 Å². The number of nitrogens with zero attached hydrogens (tertiary/aromatic N) is 5. The van der Waals surface area contributed by atoms with Gasteiger partial charge in [-0.2, -0.15) is 0 Å². The normalized spacial score (nSPS) is 11.0. The third-order valence-corrected chi connectivity index (χ3v) is 5.46. The molecule has 0 unspecified atom stereocenters. The second-order valence-electron chi connectivity index (χ2n) is 6.84. The summed E-state index contributed by atoms with van der Waals surface area (Å²) >= 11 is 1.27. The maximum absolute atomic E-state index is 13.3. The highest BCUT2D eigenvalue weighted by Crippen LogP contribution is 2.32. The highest BCUT2D eigenvalue weighted by atomic mass is 32.1. The Morgan fingerprint density at radius 3 is 2.26 bits per heavy atom. The van der Waals surface area contributed by atoms with Gasteiger partial charge in [0.2, 0.25) is 0 Å². The molecule has 0 saturated carbocycles. The van der Waals surface area contributed by atoms with E-state index in [1.165, 1.54) is 23.3 Å². The quantitative estimate of drug-likeness (QED) is 0.381. The molecule has 0 aliphatic heterocycles. The zero-order valence-electron chi connectivity index (χ0n) is 17.0. The van der Waals surface area contributed by atoms with Crippen molar-refractivity contribution in [3.8, 4) is 5.75 Å². The first-order valence-corrected chi connectivity index (χ1v) is 9.86. The SMILES string of the molecule is COc1ccc2sc(N(CCN(C)C)C(=O)c3cc([N+](=O)[O-])cc([N+](=O)[O-])c3)nc2c1. The standard InChI is InChI=1S/C19H19N5O6S/c1-21(2)6-7-22(19-20-16-11-15(30-3)4-5-17(16)31-19)18(25)12-8-13(23(26)27)10-14(9-12)24(28)29/h4-5,8-11H,6-7H2,1-3H3. The lowest BCUT2D eigenvalue weighted by Gasteiger charge is -2.22. The summed E-state index contributed by atoms with van der Waals surface area (Å²) in [6, 6.07) is 8.23. The zero-order valence-corrected chi connectivity index (χ0v) is 17.8. The molecule has 1 heterocycles. The van der Waals surface area contributed by atoms with Crippen LogP contribution in [0.2, 0.25) is 0 Å². The number of ether oxygens (including phenoxy) is 1. The fraction of sp³-hybridized carbons (Fsp3) is 0.263. The Labute approximate surface area is 180 Å². The molecule has 0 bridgehead atoms. The number of hydrogen-bond acceptors (Lipinski definition) is 9. The monoisotopic (exact) mass is 445 g/mol. The zero-order chi connectivity index (χ0) is 22.7. The van der Waals surface area contributed by atoms with E-state index in [2.05, 4.69) is 4.98 Å². The van der Waals surface area contributed by atoms with Crippen molar-refractivity contribution in [3.05, 3.63) is 62.2 Å². The number of benzene rings is 2. The van der Waals surface area contributed by atoms with Crippen molar-refractivity contribution in [2.75, 3.05) is 39.2 Å². The lowest BCUT2D eigenvalue weighted by molar-refractivity contribution is -0.394. The van der Waals surface area contributed by atoms with Gasteiger partial charge in [-0.05, 0) is 26.2 Å². The predicted molar refractivity (Wildman–Crippen MR) is 116 cm³/mol. The Hall–Kier alpha value is -3.64. The third kappa shape index (κ3) is 4.92. The molecule has 31 heavy (non-hydrogen) atoms. The van der Waals surface area contributed by atoms with Gasteiger partial charge in [0.15, 0.2) is 5.13 Å². The van der Waals surface area contributed by atoms with E-state index in [0.29, 0.717) is 22.9 Å². The Bertz CT molecular complexity index is 1130. The molecule has 3 rings (SSSR count). The first-order valence-electron chi connectivity index (χ1n) is 9.04. The second kappa shape index (κ2) is 9.02. The van der Waals surface area contributed by atoms with Gasteiger partial charge in [-0.1, -0.05) is 11.3 Å². The van der Waals surface area contributed by atoms with Crippen LogP contribution < -0.4 is 9.64 Å². The molecule has 0 saturated heterocycles. The van der Waals surface area contributed by atoms with Gasteiger partial charge < -0.3 is 9.64 Å². The van der Waals surface area contributed by atoms with E-state index in [9.17, 15) is 25.0 Å². The van der Waals surface area contributed by atoms with Crippen molar-refractivity contribution in [1.82, 2.24) is 9.88 Å². The van der Waals surface area contributed by atoms with Gasteiger partial charge in [0.25, 0.3) is 17.3 Å². The number of carbonyl (C=O) groups excluding carboxylic acids is 1. The maximum Gasteiger partial charge on any atom is 0.277 e.